The molecule has 9 heteroatoms. The van der Waals surface area contributed by atoms with E-state index < -0.39 is 0 Å². The summed E-state index contributed by atoms with van der Waals surface area (Å²) < 4.78 is 8.40. The molecule has 6 nitrogen and oxygen atoms in total. The minimum Gasteiger partial charge on any atom is -0.438 e. The average Bonchev–Trinajstić information content (AvgIpc) is 3.16. The summed E-state index contributed by atoms with van der Waals surface area (Å²) >= 11 is 6.38. The van der Waals surface area contributed by atoms with E-state index in [9.17, 15) is 4.79 Å². The maximum absolute atomic E-state index is 11.9. The second kappa shape index (κ2) is 8.03. The van der Waals surface area contributed by atoms with E-state index in [1.165, 1.54) is 18.0 Å². The van der Waals surface area contributed by atoms with Crippen LogP contribution < -0.4 is 10.3 Å². The number of hydrazone groups is 1. The summed E-state index contributed by atoms with van der Waals surface area (Å²) in [5.74, 6) is 1.30. The minimum absolute atomic E-state index is 0.195. The van der Waals surface area contributed by atoms with Crippen LogP contribution in [0.1, 0.15) is 5.76 Å². The van der Waals surface area contributed by atoms with Gasteiger partial charge in [0.15, 0.2) is 10.1 Å². The lowest BCUT2D eigenvalue weighted by Gasteiger charge is -2.07. The highest BCUT2D eigenvalue weighted by atomic mass is 79.9. The number of hydrogen-bond acceptors (Lipinski definition) is 7. The van der Waals surface area contributed by atoms with E-state index in [0.717, 1.165) is 19.0 Å². The van der Waals surface area contributed by atoms with Gasteiger partial charge in [-0.15, -0.1) is 11.3 Å². The van der Waals surface area contributed by atoms with E-state index in [0.29, 0.717) is 11.6 Å². The molecule has 0 aliphatic heterocycles. The molecule has 0 aliphatic carbocycles. The van der Waals surface area contributed by atoms with Gasteiger partial charge >= 0.3 is 0 Å². The SMILES string of the molecule is CN(C)c1oc(/C=N/NC(=O)CSc2nc3ccccc3s2)cc1Br. The first kappa shape index (κ1) is 18.0. The number of thioether (sulfide) groups is 1. The first-order valence-corrected chi connectivity index (χ1v) is 9.89. The van der Waals surface area contributed by atoms with Crippen molar-refractivity contribution in [2.24, 2.45) is 5.10 Å². The van der Waals surface area contributed by atoms with E-state index in [-0.39, 0.29) is 11.7 Å². The highest BCUT2D eigenvalue weighted by Gasteiger charge is 2.10. The van der Waals surface area contributed by atoms with Gasteiger partial charge in [0.25, 0.3) is 5.91 Å². The van der Waals surface area contributed by atoms with Crippen LogP contribution in [0.5, 0.6) is 0 Å². The molecule has 130 valence electrons. The van der Waals surface area contributed by atoms with Gasteiger partial charge in [0, 0.05) is 20.2 Å². The first-order chi connectivity index (χ1) is 12.0. The topological polar surface area (TPSA) is 70.7 Å². The number of nitrogens with zero attached hydrogens (tertiary/aromatic N) is 3. The van der Waals surface area contributed by atoms with Gasteiger partial charge in [-0.05, 0) is 28.1 Å². The lowest BCUT2D eigenvalue weighted by molar-refractivity contribution is -0.118. The summed E-state index contributed by atoms with van der Waals surface area (Å²) in [7, 11) is 3.76. The van der Waals surface area contributed by atoms with Gasteiger partial charge in [-0.1, -0.05) is 23.9 Å². The largest absolute Gasteiger partial charge is 0.438 e. The Morgan fingerprint density at radius 1 is 1.48 bits per heavy atom. The molecule has 2 heterocycles. The third kappa shape index (κ3) is 4.62. The summed E-state index contributed by atoms with van der Waals surface area (Å²) in [4.78, 5) is 18.2. The average molecular weight is 439 g/mol. The van der Waals surface area contributed by atoms with Crippen LogP contribution in [0.3, 0.4) is 0 Å². The van der Waals surface area contributed by atoms with Crippen LogP contribution >= 0.6 is 39.0 Å². The van der Waals surface area contributed by atoms with Crippen LogP contribution in [0.2, 0.25) is 0 Å². The van der Waals surface area contributed by atoms with Crippen molar-refractivity contribution in [3.63, 3.8) is 0 Å². The molecular weight excluding hydrogens is 424 g/mol. The molecule has 0 atom stereocenters. The molecule has 0 bridgehead atoms. The van der Waals surface area contributed by atoms with Crippen molar-refractivity contribution in [3.8, 4) is 0 Å². The molecule has 25 heavy (non-hydrogen) atoms. The Hall–Kier alpha value is -1.84. The number of anilines is 1. The molecule has 0 saturated heterocycles. The number of para-hydroxylation sites is 1. The number of rotatable bonds is 6. The third-order valence-corrected chi connectivity index (χ3v) is 5.82. The molecule has 0 radical (unpaired) electrons. The third-order valence-electron chi connectivity index (χ3n) is 3.08. The van der Waals surface area contributed by atoms with Crippen molar-refractivity contribution < 1.29 is 9.21 Å². The molecule has 1 amide bonds. The number of carbonyl (C=O) groups is 1. The summed E-state index contributed by atoms with van der Waals surface area (Å²) in [5, 5.41) is 3.92. The Labute approximate surface area is 161 Å². The number of hydrogen-bond donors (Lipinski definition) is 1. The van der Waals surface area contributed by atoms with Gasteiger partial charge in [0.1, 0.15) is 0 Å². The summed E-state index contributed by atoms with van der Waals surface area (Å²) in [6, 6.07) is 9.70. The maximum atomic E-state index is 11.9. The van der Waals surface area contributed by atoms with Crippen molar-refractivity contribution in [1.29, 1.82) is 0 Å². The van der Waals surface area contributed by atoms with Crippen molar-refractivity contribution in [2.75, 3.05) is 24.7 Å². The zero-order valence-corrected chi connectivity index (χ0v) is 16.7. The van der Waals surface area contributed by atoms with Gasteiger partial charge in [-0.2, -0.15) is 5.10 Å². The molecule has 0 saturated carbocycles. The monoisotopic (exact) mass is 438 g/mol. The maximum Gasteiger partial charge on any atom is 0.250 e. The number of furan rings is 1. The van der Waals surface area contributed by atoms with Crippen molar-refractivity contribution >= 4 is 67.3 Å². The lowest BCUT2D eigenvalue weighted by atomic mass is 10.3. The van der Waals surface area contributed by atoms with Crippen molar-refractivity contribution in [1.82, 2.24) is 10.4 Å². The molecule has 0 aliphatic rings. The molecule has 0 spiro atoms. The Balaban J connectivity index is 1.51. The summed E-state index contributed by atoms with van der Waals surface area (Å²) in [5.41, 5.74) is 3.44. The summed E-state index contributed by atoms with van der Waals surface area (Å²) in [6.45, 7) is 0. The number of amides is 1. The van der Waals surface area contributed by atoms with Crippen LogP contribution in [0.25, 0.3) is 10.2 Å². The highest BCUT2D eigenvalue weighted by Crippen LogP contribution is 2.29. The second-order valence-corrected chi connectivity index (χ2v) is 8.33. The van der Waals surface area contributed by atoms with E-state index in [4.69, 9.17) is 4.42 Å². The Kier molecular flexibility index (Phi) is 5.77. The highest BCUT2D eigenvalue weighted by molar-refractivity contribution is 9.10. The first-order valence-electron chi connectivity index (χ1n) is 7.30. The molecule has 0 unspecified atom stereocenters. The van der Waals surface area contributed by atoms with Crippen LogP contribution in [0, 0.1) is 0 Å². The predicted molar refractivity (Wildman–Crippen MR) is 107 cm³/mol. The van der Waals surface area contributed by atoms with E-state index in [2.05, 4.69) is 31.4 Å². The number of fused-ring (bicyclic) bond motifs is 1. The van der Waals surface area contributed by atoms with Crippen LogP contribution in [0.15, 0.2) is 48.7 Å². The van der Waals surface area contributed by atoms with Gasteiger partial charge in [0.05, 0.1) is 26.7 Å². The molecular formula is C16H15BrN4O2S2. The normalized spacial score (nSPS) is 11.3. The number of benzene rings is 1. The number of nitrogens with one attached hydrogen (secondary N) is 1. The fourth-order valence-corrected chi connectivity index (χ4v) is 4.51. The van der Waals surface area contributed by atoms with Gasteiger partial charge < -0.3 is 9.32 Å². The number of thiazole rings is 1. The fourth-order valence-electron chi connectivity index (χ4n) is 1.99. The van der Waals surface area contributed by atoms with E-state index in [1.807, 2.05) is 43.3 Å². The fraction of sp³-hybridized carbons (Fsp3) is 0.188. The molecule has 1 N–H and O–H groups in total. The lowest BCUT2D eigenvalue weighted by Crippen LogP contribution is -2.19. The second-order valence-electron chi connectivity index (χ2n) is 5.23. The van der Waals surface area contributed by atoms with Crippen molar-refractivity contribution in [2.45, 2.75) is 4.34 Å². The van der Waals surface area contributed by atoms with Gasteiger partial charge in [-0.3, -0.25) is 4.79 Å². The van der Waals surface area contributed by atoms with Crippen LogP contribution in [0.4, 0.5) is 5.88 Å². The zero-order valence-electron chi connectivity index (χ0n) is 13.5. The van der Waals surface area contributed by atoms with E-state index in [1.54, 1.807) is 17.4 Å². The number of carbonyl (C=O) groups excluding carboxylic acids is 1. The molecule has 3 aromatic rings. The predicted octanol–water partition coefficient (Wildman–Crippen LogP) is 3.96. The minimum atomic E-state index is -0.195. The Bertz CT molecular complexity index is 887. The quantitative estimate of drug-likeness (QED) is 0.358. The van der Waals surface area contributed by atoms with Crippen LogP contribution in [-0.2, 0) is 4.79 Å². The molecule has 1 aromatic carbocycles. The van der Waals surface area contributed by atoms with Gasteiger partial charge in [-0.25, -0.2) is 10.4 Å². The van der Waals surface area contributed by atoms with E-state index >= 15 is 0 Å². The molecule has 3 rings (SSSR count). The smallest absolute Gasteiger partial charge is 0.250 e. The molecule has 0 fully saturated rings. The van der Waals surface area contributed by atoms with Gasteiger partial charge in [0.2, 0.25) is 5.88 Å². The Morgan fingerprint density at radius 2 is 2.28 bits per heavy atom. The van der Waals surface area contributed by atoms with Crippen LogP contribution in [-0.4, -0.2) is 37.0 Å². The standard InChI is InChI=1S/C16H15BrN4O2S2/c1-21(2)15-11(17)7-10(23-15)8-18-20-14(22)9-24-16-19-12-5-3-4-6-13(12)25-16/h3-8H,9H2,1-2H3,(H,20,22)/b18-8+. The molecule has 2 aromatic heterocycles. The van der Waals surface area contributed by atoms with Crippen molar-refractivity contribution in [3.05, 3.63) is 40.6 Å². The summed E-state index contributed by atoms with van der Waals surface area (Å²) in [6.07, 6.45) is 1.47. The number of halogens is 1. The number of aromatic nitrogens is 1. The zero-order chi connectivity index (χ0) is 17.8. The Morgan fingerprint density at radius 3 is 3.00 bits per heavy atom.